The van der Waals surface area contributed by atoms with Crippen molar-refractivity contribution in [2.45, 2.75) is 77.9 Å². The maximum absolute atomic E-state index is 13.0. The quantitative estimate of drug-likeness (QED) is 0.555. The molecule has 0 aliphatic carbocycles. The third kappa shape index (κ3) is 7.75. The Morgan fingerprint density at radius 3 is 2.60 bits per heavy atom. The van der Waals surface area contributed by atoms with Gasteiger partial charge in [0.1, 0.15) is 0 Å². The SMILES string of the molecule is CCC(C)CC(CC(=O)N1CCCC1C(C)CC(=O)NCCc1ccccc1)OC. The van der Waals surface area contributed by atoms with Crippen molar-refractivity contribution in [3.63, 3.8) is 0 Å². The Kier molecular flexibility index (Phi) is 10.4. The summed E-state index contributed by atoms with van der Waals surface area (Å²) in [6.45, 7) is 7.91. The molecule has 30 heavy (non-hydrogen) atoms. The first kappa shape index (κ1) is 24.4. The lowest BCUT2D eigenvalue weighted by Gasteiger charge is -2.31. The fourth-order valence-corrected chi connectivity index (χ4v) is 4.38. The standard InChI is InChI=1S/C25H40N2O3/c1-5-19(2)16-22(30-4)18-25(29)27-15-9-12-23(27)20(3)17-24(28)26-14-13-21-10-7-6-8-11-21/h6-8,10-11,19-20,22-23H,5,9,12-18H2,1-4H3,(H,26,28). The molecule has 5 nitrogen and oxygen atoms in total. The highest BCUT2D eigenvalue weighted by molar-refractivity contribution is 5.78. The number of hydrogen-bond acceptors (Lipinski definition) is 3. The molecule has 1 aromatic carbocycles. The van der Waals surface area contributed by atoms with Crippen molar-refractivity contribution in [1.82, 2.24) is 10.2 Å². The van der Waals surface area contributed by atoms with Crippen LogP contribution in [-0.4, -0.2) is 49.1 Å². The van der Waals surface area contributed by atoms with E-state index in [0.717, 1.165) is 38.6 Å². The summed E-state index contributed by atoms with van der Waals surface area (Å²) in [5, 5.41) is 3.04. The number of methoxy groups -OCH3 is 1. The molecule has 1 saturated heterocycles. The van der Waals surface area contributed by atoms with E-state index in [2.05, 4.69) is 38.2 Å². The van der Waals surface area contributed by atoms with Crippen LogP contribution in [0.1, 0.15) is 64.9 Å². The zero-order chi connectivity index (χ0) is 21.9. The van der Waals surface area contributed by atoms with Crippen LogP contribution < -0.4 is 5.32 Å². The van der Waals surface area contributed by atoms with Gasteiger partial charge in [0.15, 0.2) is 0 Å². The normalized spacial score (nSPS) is 19.3. The van der Waals surface area contributed by atoms with Crippen LogP contribution in [0.25, 0.3) is 0 Å². The number of carbonyl (C=O) groups is 2. The van der Waals surface area contributed by atoms with Gasteiger partial charge in [0.25, 0.3) is 0 Å². The number of rotatable bonds is 12. The molecule has 4 unspecified atom stereocenters. The van der Waals surface area contributed by atoms with E-state index in [0.29, 0.717) is 25.3 Å². The summed E-state index contributed by atoms with van der Waals surface area (Å²) in [5.41, 5.74) is 1.23. The first-order valence-electron chi connectivity index (χ1n) is 11.6. The van der Waals surface area contributed by atoms with Gasteiger partial charge in [0, 0.05) is 32.7 Å². The molecule has 2 amide bonds. The molecule has 1 aromatic rings. The van der Waals surface area contributed by atoms with E-state index >= 15 is 0 Å². The van der Waals surface area contributed by atoms with Crippen molar-refractivity contribution in [2.24, 2.45) is 11.8 Å². The van der Waals surface area contributed by atoms with E-state index in [1.807, 2.05) is 23.1 Å². The number of nitrogens with zero attached hydrogens (tertiary/aromatic N) is 1. The highest BCUT2D eigenvalue weighted by Crippen LogP contribution is 2.27. The highest BCUT2D eigenvalue weighted by atomic mass is 16.5. The van der Waals surface area contributed by atoms with E-state index in [9.17, 15) is 9.59 Å². The number of nitrogens with one attached hydrogen (secondary N) is 1. The van der Waals surface area contributed by atoms with Crippen LogP contribution in [0.2, 0.25) is 0 Å². The molecule has 0 spiro atoms. The zero-order valence-corrected chi connectivity index (χ0v) is 19.2. The minimum Gasteiger partial charge on any atom is -0.381 e. The first-order valence-corrected chi connectivity index (χ1v) is 11.6. The highest BCUT2D eigenvalue weighted by Gasteiger charge is 2.34. The second-order valence-electron chi connectivity index (χ2n) is 8.87. The Morgan fingerprint density at radius 2 is 1.93 bits per heavy atom. The summed E-state index contributed by atoms with van der Waals surface area (Å²) < 4.78 is 5.58. The van der Waals surface area contributed by atoms with E-state index < -0.39 is 0 Å². The summed E-state index contributed by atoms with van der Waals surface area (Å²) in [4.78, 5) is 27.4. The minimum absolute atomic E-state index is 0.0229. The van der Waals surface area contributed by atoms with E-state index in [-0.39, 0.29) is 29.9 Å². The molecule has 4 atom stereocenters. The molecule has 0 saturated carbocycles. The van der Waals surface area contributed by atoms with Crippen LogP contribution in [-0.2, 0) is 20.7 Å². The Hall–Kier alpha value is -1.88. The summed E-state index contributed by atoms with van der Waals surface area (Å²) in [5.74, 6) is 0.952. The lowest BCUT2D eigenvalue weighted by Crippen LogP contribution is -2.42. The Balaban J connectivity index is 1.80. The smallest absolute Gasteiger partial charge is 0.225 e. The van der Waals surface area contributed by atoms with Crippen molar-refractivity contribution in [1.29, 1.82) is 0 Å². The number of amides is 2. The molecular weight excluding hydrogens is 376 g/mol. The molecule has 1 aliphatic heterocycles. The summed E-state index contributed by atoms with van der Waals surface area (Å²) in [7, 11) is 1.70. The molecule has 5 heteroatoms. The average Bonchev–Trinajstić information content (AvgIpc) is 3.24. The molecule has 1 aliphatic rings. The summed E-state index contributed by atoms with van der Waals surface area (Å²) in [6.07, 6.45) is 5.71. The second kappa shape index (κ2) is 12.7. The van der Waals surface area contributed by atoms with Crippen molar-refractivity contribution < 1.29 is 14.3 Å². The van der Waals surface area contributed by atoms with E-state index in [1.165, 1.54) is 5.56 Å². The van der Waals surface area contributed by atoms with Crippen LogP contribution in [0.15, 0.2) is 30.3 Å². The van der Waals surface area contributed by atoms with Crippen LogP contribution >= 0.6 is 0 Å². The molecule has 1 fully saturated rings. The topological polar surface area (TPSA) is 58.6 Å². The number of carbonyl (C=O) groups excluding carboxylic acids is 2. The lowest BCUT2D eigenvalue weighted by molar-refractivity contribution is -0.136. The third-order valence-electron chi connectivity index (χ3n) is 6.46. The van der Waals surface area contributed by atoms with Gasteiger partial charge in [-0.25, -0.2) is 0 Å². The molecule has 1 N–H and O–H groups in total. The predicted molar refractivity (Wildman–Crippen MR) is 121 cm³/mol. The summed E-state index contributed by atoms with van der Waals surface area (Å²) >= 11 is 0. The van der Waals surface area contributed by atoms with Crippen molar-refractivity contribution >= 4 is 11.8 Å². The first-order chi connectivity index (χ1) is 14.4. The minimum atomic E-state index is -0.0229. The average molecular weight is 417 g/mol. The van der Waals surface area contributed by atoms with Crippen molar-refractivity contribution in [2.75, 3.05) is 20.2 Å². The third-order valence-corrected chi connectivity index (χ3v) is 6.46. The van der Waals surface area contributed by atoms with Gasteiger partial charge in [-0.3, -0.25) is 9.59 Å². The Labute approximate surface area is 182 Å². The molecule has 0 radical (unpaired) electrons. The molecule has 0 bridgehead atoms. The largest absolute Gasteiger partial charge is 0.381 e. The number of ether oxygens (including phenoxy) is 1. The van der Waals surface area contributed by atoms with Crippen LogP contribution in [0.5, 0.6) is 0 Å². The fourth-order valence-electron chi connectivity index (χ4n) is 4.38. The maximum Gasteiger partial charge on any atom is 0.225 e. The maximum atomic E-state index is 13.0. The van der Waals surface area contributed by atoms with Crippen LogP contribution in [0.4, 0.5) is 0 Å². The predicted octanol–water partition coefficient (Wildman–Crippen LogP) is 4.20. The van der Waals surface area contributed by atoms with Gasteiger partial charge >= 0.3 is 0 Å². The van der Waals surface area contributed by atoms with Gasteiger partial charge in [-0.15, -0.1) is 0 Å². The van der Waals surface area contributed by atoms with Crippen LogP contribution in [0, 0.1) is 11.8 Å². The van der Waals surface area contributed by atoms with Crippen LogP contribution in [0.3, 0.4) is 0 Å². The number of likely N-dealkylation sites (tertiary alicyclic amines) is 1. The Bertz CT molecular complexity index is 649. The molecule has 168 valence electrons. The number of hydrogen-bond donors (Lipinski definition) is 1. The van der Waals surface area contributed by atoms with Crippen molar-refractivity contribution in [3.8, 4) is 0 Å². The fraction of sp³-hybridized carbons (Fsp3) is 0.680. The summed E-state index contributed by atoms with van der Waals surface area (Å²) in [6, 6.07) is 10.3. The Morgan fingerprint density at radius 1 is 1.20 bits per heavy atom. The van der Waals surface area contributed by atoms with Gasteiger partial charge in [-0.2, -0.15) is 0 Å². The number of benzene rings is 1. The zero-order valence-electron chi connectivity index (χ0n) is 19.2. The van der Waals surface area contributed by atoms with E-state index in [4.69, 9.17) is 4.74 Å². The molecule has 2 rings (SSSR count). The molecular formula is C25H40N2O3. The molecule has 1 heterocycles. The van der Waals surface area contributed by atoms with Gasteiger partial charge in [0.05, 0.1) is 12.5 Å². The molecule has 0 aromatic heterocycles. The van der Waals surface area contributed by atoms with Crippen molar-refractivity contribution in [3.05, 3.63) is 35.9 Å². The van der Waals surface area contributed by atoms with Gasteiger partial charge < -0.3 is 15.0 Å². The monoisotopic (exact) mass is 416 g/mol. The second-order valence-corrected chi connectivity index (χ2v) is 8.87. The van der Waals surface area contributed by atoms with Gasteiger partial charge in [0.2, 0.25) is 11.8 Å². The van der Waals surface area contributed by atoms with E-state index in [1.54, 1.807) is 7.11 Å². The van der Waals surface area contributed by atoms with Gasteiger partial charge in [-0.05, 0) is 43.1 Å². The lowest BCUT2D eigenvalue weighted by atomic mass is 9.94. The van der Waals surface area contributed by atoms with Gasteiger partial charge in [-0.1, -0.05) is 57.5 Å².